The zero-order chi connectivity index (χ0) is 21.3. The topological polar surface area (TPSA) is 66.7 Å². The molecule has 0 saturated carbocycles. The lowest BCUT2D eigenvalue weighted by Crippen LogP contribution is -2.57. The van der Waals surface area contributed by atoms with E-state index in [0.29, 0.717) is 11.6 Å². The predicted molar refractivity (Wildman–Crippen MR) is 118 cm³/mol. The van der Waals surface area contributed by atoms with Crippen molar-refractivity contribution in [3.63, 3.8) is 0 Å². The lowest BCUT2D eigenvalue weighted by molar-refractivity contribution is -0.130. The number of likely N-dealkylation sites (tertiary alicyclic amines) is 1. The Bertz CT molecular complexity index is 884. The number of nitrogens with zero attached hydrogens (tertiary/aromatic N) is 6. The van der Waals surface area contributed by atoms with Crippen LogP contribution in [-0.4, -0.2) is 88.0 Å². The smallest absolute Gasteiger partial charge is 0.257 e. The van der Waals surface area contributed by atoms with Crippen molar-refractivity contribution in [1.82, 2.24) is 24.6 Å². The van der Waals surface area contributed by atoms with Crippen molar-refractivity contribution in [2.24, 2.45) is 7.05 Å². The number of hydrogen-bond acceptors (Lipinski definition) is 6. The number of hydrogen-bond donors (Lipinski definition) is 0. The van der Waals surface area contributed by atoms with E-state index in [4.69, 9.17) is 4.74 Å². The van der Waals surface area contributed by atoms with Gasteiger partial charge in [-0.15, -0.1) is 0 Å². The van der Waals surface area contributed by atoms with Gasteiger partial charge in [0.15, 0.2) is 0 Å². The highest BCUT2D eigenvalue weighted by Gasteiger charge is 2.43. The molecule has 2 aromatic heterocycles. The molecule has 5 rings (SSSR count). The van der Waals surface area contributed by atoms with E-state index >= 15 is 0 Å². The van der Waals surface area contributed by atoms with Crippen LogP contribution in [0.1, 0.15) is 36.0 Å². The van der Waals surface area contributed by atoms with E-state index in [0.717, 1.165) is 77.4 Å². The summed E-state index contributed by atoms with van der Waals surface area (Å²) in [5.74, 6) is 1.16. The molecule has 0 bridgehead atoms. The lowest BCUT2D eigenvalue weighted by Gasteiger charge is -2.49. The van der Waals surface area contributed by atoms with E-state index in [1.807, 2.05) is 24.2 Å². The Morgan fingerprint density at radius 1 is 1.13 bits per heavy atom. The third kappa shape index (κ3) is 4.32. The van der Waals surface area contributed by atoms with Gasteiger partial charge in [0, 0.05) is 71.4 Å². The van der Waals surface area contributed by atoms with Crippen molar-refractivity contribution in [1.29, 1.82) is 0 Å². The molecule has 1 atom stereocenters. The minimum atomic E-state index is -0.0766. The van der Waals surface area contributed by atoms with Crippen LogP contribution in [0.5, 0.6) is 0 Å². The maximum absolute atomic E-state index is 12.8. The quantitative estimate of drug-likeness (QED) is 0.749. The molecule has 2 aromatic rings. The van der Waals surface area contributed by atoms with Crippen LogP contribution >= 0.6 is 0 Å². The first kappa shape index (κ1) is 20.5. The molecule has 0 radical (unpaired) electrons. The Labute approximate surface area is 183 Å². The van der Waals surface area contributed by atoms with E-state index in [-0.39, 0.29) is 11.5 Å². The standard InChI is InChI=1S/C23H32N6O2/c1-26-18-19(17-25-26)22(30)29-9-6-23(7-10-29)16-20(5-15-31-23)27-11-13-28(14-12-27)21-4-2-3-8-24-21/h2-4,8,17-18,20H,5-7,9-16H2,1H3/t20-/m0/s1. The molecule has 0 aromatic carbocycles. The molecule has 0 N–H and O–H groups in total. The zero-order valence-corrected chi connectivity index (χ0v) is 18.3. The van der Waals surface area contributed by atoms with Gasteiger partial charge in [0.05, 0.1) is 17.4 Å². The molecule has 5 heterocycles. The number of carbonyl (C=O) groups excluding carboxylic acids is 1. The number of rotatable bonds is 3. The van der Waals surface area contributed by atoms with Crippen molar-refractivity contribution < 1.29 is 9.53 Å². The van der Waals surface area contributed by atoms with Gasteiger partial charge in [-0.1, -0.05) is 6.07 Å². The normalized spacial score (nSPS) is 24.5. The highest BCUT2D eigenvalue weighted by Crippen LogP contribution is 2.37. The van der Waals surface area contributed by atoms with Crippen LogP contribution in [0, 0.1) is 0 Å². The molecule has 0 unspecified atom stereocenters. The number of aromatic nitrogens is 3. The summed E-state index contributed by atoms with van der Waals surface area (Å²) in [5, 5.41) is 4.13. The molecule has 31 heavy (non-hydrogen) atoms. The maximum atomic E-state index is 12.8. The number of amides is 1. The predicted octanol–water partition coefficient (Wildman–Crippen LogP) is 1.79. The maximum Gasteiger partial charge on any atom is 0.257 e. The van der Waals surface area contributed by atoms with Crippen LogP contribution < -0.4 is 4.90 Å². The van der Waals surface area contributed by atoms with Crippen LogP contribution in [0.15, 0.2) is 36.8 Å². The number of carbonyl (C=O) groups is 1. The fraction of sp³-hybridized carbons (Fsp3) is 0.609. The molecule has 8 nitrogen and oxygen atoms in total. The molecule has 166 valence electrons. The minimum Gasteiger partial charge on any atom is -0.375 e. The van der Waals surface area contributed by atoms with Gasteiger partial charge >= 0.3 is 0 Å². The first-order valence-electron chi connectivity index (χ1n) is 11.4. The van der Waals surface area contributed by atoms with Gasteiger partial charge in [-0.2, -0.15) is 5.10 Å². The summed E-state index contributed by atoms with van der Waals surface area (Å²) in [6.45, 7) is 6.53. The third-order valence-corrected chi connectivity index (χ3v) is 7.18. The van der Waals surface area contributed by atoms with E-state index in [1.54, 1.807) is 17.1 Å². The Kier molecular flexibility index (Phi) is 5.67. The highest BCUT2D eigenvalue weighted by molar-refractivity contribution is 5.93. The van der Waals surface area contributed by atoms with Gasteiger partial charge in [0.2, 0.25) is 0 Å². The van der Waals surface area contributed by atoms with E-state index in [1.165, 1.54) is 0 Å². The van der Waals surface area contributed by atoms with Crippen molar-refractivity contribution in [3.05, 3.63) is 42.4 Å². The number of piperazine rings is 1. The van der Waals surface area contributed by atoms with Crippen LogP contribution in [0.3, 0.4) is 0 Å². The molecular formula is C23H32N6O2. The van der Waals surface area contributed by atoms with Crippen LogP contribution in [0.4, 0.5) is 5.82 Å². The second kappa shape index (κ2) is 8.59. The summed E-state index contributed by atoms with van der Waals surface area (Å²) in [6.07, 6.45) is 9.34. The summed E-state index contributed by atoms with van der Waals surface area (Å²) in [5.41, 5.74) is 0.596. The lowest BCUT2D eigenvalue weighted by atomic mass is 9.81. The fourth-order valence-corrected chi connectivity index (χ4v) is 5.35. The molecular weight excluding hydrogens is 392 g/mol. The average molecular weight is 425 g/mol. The Balaban J connectivity index is 1.15. The van der Waals surface area contributed by atoms with Gasteiger partial charge < -0.3 is 14.5 Å². The SMILES string of the molecule is Cn1cc(C(=O)N2CCC3(CC2)C[C@@H](N2CCN(c4ccccn4)CC2)CCO3)cn1. The van der Waals surface area contributed by atoms with Crippen molar-refractivity contribution in [2.45, 2.75) is 37.3 Å². The zero-order valence-electron chi connectivity index (χ0n) is 18.3. The molecule has 1 spiro atoms. The molecule has 8 heteroatoms. The Morgan fingerprint density at radius 3 is 2.61 bits per heavy atom. The first-order valence-corrected chi connectivity index (χ1v) is 11.4. The third-order valence-electron chi connectivity index (χ3n) is 7.18. The number of pyridine rings is 1. The number of ether oxygens (including phenoxy) is 1. The second-order valence-electron chi connectivity index (χ2n) is 9.08. The van der Waals surface area contributed by atoms with Crippen LogP contribution in [0.25, 0.3) is 0 Å². The molecule has 0 aliphatic carbocycles. The summed E-state index contributed by atoms with van der Waals surface area (Å²) in [6, 6.07) is 6.69. The fourth-order valence-electron chi connectivity index (χ4n) is 5.35. The van der Waals surface area contributed by atoms with E-state index < -0.39 is 0 Å². The van der Waals surface area contributed by atoms with Crippen molar-refractivity contribution in [2.75, 3.05) is 50.8 Å². The largest absolute Gasteiger partial charge is 0.375 e. The molecule has 1 amide bonds. The van der Waals surface area contributed by atoms with Crippen molar-refractivity contribution >= 4 is 11.7 Å². The van der Waals surface area contributed by atoms with Gasteiger partial charge in [0.1, 0.15) is 5.82 Å². The average Bonchev–Trinajstić information content (AvgIpc) is 3.26. The van der Waals surface area contributed by atoms with Gasteiger partial charge in [-0.3, -0.25) is 14.4 Å². The van der Waals surface area contributed by atoms with E-state index in [9.17, 15) is 4.79 Å². The summed E-state index contributed by atoms with van der Waals surface area (Å²) in [4.78, 5) is 24.3. The molecule has 3 fully saturated rings. The Morgan fingerprint density at radius 2 is 1.94 bits per heavy atom. The highest BCUT2D eigenvalue weighted by atomic mass is 16.5. The second-order valence-corrected chi connectivity index (χ2v) is 9.08. The summed E-state index contributed by atoms with van der Waals surface area (Å²) < 4.78 is 8.04. The van der Waals surface area contributed by atoms with E-state index in [2.05, 4.69) is 32.0 Å². The summed E-state index contributed by atoms with van der Waals surface area (Å²) >= 11 is 0. The van der Waals surface area contributed by atoms with Gasteiger partial charge in [0.25, 0.3) is 5.91 Å². The summed E-state index contributed by atoms with van der Waals surface area (Å²) in [7, 11) is 1.84. The monoisotopic (exact) mass is 424 g/mol. The number of piperidine rings is 1. The molecule has 3 aliphatic heterocycles. The minimum absolute atomic E-state index is 0.0766. The van der Waals surface area contributed by atoms with Crippen LogP contribution in [-0.2, 0) is 11.8 Å². The number of anilines is 1. The molecule has 3 saturated heterocycles. The van der Waals surface area contributed by atoms with Gasteiger partial charge in [-0.25, -0.2) is 4.98 Å². The van der Waals surface area contributed by atoms with Crippen LogP contribution in [0.2, 0.25) is 0 Å². The van der Waals surface area contributed by atoms with Gasteiger partial charge in [-0.05, 0) is 37.8 Å². The van der Waals surface area contributed by atoms with Crippen molar-refractivity contribution in [3.8, 4) is 0 Å². The first-order chi connectivity index (χ1) is 15.1. The molecule has 3 aliphatic rings. The Hall–Kier alpha value is -2.45. The number of aryl methyl sites for hydroxylation is 1.